The number of furan rings is 1. The van der Waals surface area contributed by atoms with Crippen LogP contribution in [0.4, 0.5) is 0 Å². The summed E-state index contributed by atoms with van der Waals surface area (Å²) in [6, 6.07) is 3.93. The molecule has 0 aliphatic rings. The number of aryl methyl sites for hydroxylation is 1. The molecule has 0 bridgehead atoms. The van der Waals surface area contributed by atoms with E-state index in [9.17, 15) is 0 Å². The zero-order chi connectivity index (χ0) is 8.27. The van der Waals surface area contributed by atoms with Crippen LogP contribution in [0.1, 0.15) is 11.5 Å². The van der Waals surface area contributed by atoms with E-state index in [0.29, 0.717) is 6.67 Å². The summed E-state index contributed by atoms with van der Waals surface area (Å²) in [6.07, 6.45) is 0. The molecule has 0 saturated carbocycles. The highest BCUT2D eigenvalue weighted by Gasteiger charge is 2.00. The molecule has 1 aromatic rings. The van der Waals surface area contributed by atoms with E-state index in [4.69, 9.17) is 10.2 Å². The van der Waals surface area contributed by atoms with Gasteiger partial charge in [-0.1, -0.05) is 0 Å². The second-order valence-corrected chi connectivity index (χ2v) is 2.71. The topological polar surface area (TPSA) is 42.4 Å². The zero-order valence-electron chi connectivity index (χ0n) is 7.00. The quantitative estimate of drug-likeness (QED) is 0.659. The fourth-order valence-electron chi connectivity index (χ4n) is 0.901. The van der Waals surface area contributed by atoms with Crippen LogP contribution in [0.5, 0.6) is 0 Å². The number of nitrogens with two attached hydrogens (primary N) is 1. The molecule has 0 spiro atoms. The molecule has 62 valence electrons. The first-order valence-electron chi connectivity index (χ1n) is 3.66. The van der Waals surface area contributed by atoms with E-state index in [0.717, 1.165) is 18.1 Å². The molecule has 0 fully saturated rings. The van der Waals surface area contributed by atoms with Gasteiger partial charge in [-0.25, -0.2) is 0 Å². The van der Waals surface area contributed by atoms with Gasteiger partial charge in [0.15, 0.2) is 0 Å². The van der Waals surface area contributed by atoms with E-state index >= 15 is 0 Å². The summed E-state index contributed by atoms with van der Waals surface area (Å²) >= 11 is 0. The minimum absolute atomic E-state index is 0.555. The summed E-state index contributed by atoms with van der Waals surface area (Å²) in [5.74, 6) is 1.92. The molecule has 0 amide bonds. The van der Waals surface area contributed by atoms with Crippen LogP contribution >= 0.6 is 0 Å². The van der Waals surface area contributed by atoms with Gasteiger partial charge in [0.05, 0.1) is 6.54 Å². The largest absolute Gasteiger partial charge is 0.465 e. The van der Waals surface area contributed by atoms with Crippen molar-refractivity contribution in [1.29, 1.82) is 0 Å². The first-order valence-corrected chi connectivity index (χ1v) is 3.66. The van der Waals surface area contributed by atoms with Crippen LogP contribution < -0.4 is 5.73 Å². The smallest absolute Gasteiger partial charge is 0.118 e. The first kappa shape index (κ1) is 8.30. The fraction of sp³-hybridized carbons (Fsp3) is 0.500. The SMILES string of the molecule is Cc1ccc(CN(C)CN)o1. The molecule has 3 heteroatoms. The standard InChI is InChI=1S/C8H14N2O/c1-7-3-4-8(11-7)5-10(2)6-9/h3-4H,5-6,9H2,1-2H3. The van der Waals surface area contributed by atoms with Gasteiger partial charge < -0.3 is 10.2 Å². The van der Waals surface area contributed by atoms with E-state index in [2.05, 4.69) is 0 Å². The van der Waals surface area contributed by atoms with Crippen LogP contribution in [0.2, 0.25) is 0 Å². The zero-order valence-corrected chi connectivity index (χ0v) is 7.00. The Morgan fingerprint density at radius 2 is 2.27 bits per heavy atom. The number of nitrogens with zero attached hydrogens (tertiary/aromatic N) is 1. The van der Waals surface area contributed by atoms with Crippen LogP contribution in [-0.4, -0.2) is 18.6 Å². The summed E-state index contributed by atoms with van der Waals surface area (Å²) in [6.45, 7) is 3.27. The predicted octanol–water partition coefficient (Wildman–Crippen LogP) is 0.936. The van der Waals surface area contributed by atoms with Crippen molar-refractivity contribution in [2.45, 2.75) is 13.5 Å². The highest BCUT2D eigenvalue weighted by Crippen LogP contribution is 2.07. The van der Waals surface area contributed by atoms with Crippen LogP contribution in [0, 0.1) is 6.92 Å². The molecule has 2 N–H and O–H groups in total. The van der Waals surface area contributed by atoms with Gasteiger partial charge in [0.1, 0.15) is 11.5 Å². The van der Waals surface area contributed by atoms with Crippen molar-refractivity contribution in [1.82, 2.24) is 4.90 Å². The van der Waals surface area contributed by atoms with Crippen molar-refractivity contribution in [3.63, 3.8) is 0 Å². The molecule has 1 heterocycles. The lowest BCUT2D eigenvalue weighted by Gasteiger charge is -2.10. The monoisotopic (exact) mass is 154 g/mol. The molecule has 0 atom stereocenters. The lowest BCUT2D eigenvalue weighted by Crippen LogP contribution is -2.24. The van der Waals surface area contributed by atoms with Gasteiger partial charge in [0.25, 0.3) is 0 Å². The van der Waals surface area contributed by atoms with E-state index in [-0.39, 0.29) is 0 Å². The Morgan fingerprint density at radius 1 is 1.55 bits per heavy atom. The summed E-state index contributed by atoms with van der Waals surface area (Å²) in [5.41, 5.74) is 5.41. The molecule has 3 nitrogen and oxygen atoms in total. The average molecular weight is 154 g/mol. The molecule has 1 rings (SSSR count). The lowest BCUT2D eigenvalue weighted by molar-refractivity contribution is 0.300. The third kappa shape index (κ3) is 2.37. The second kappa shape index (κ2) is 3.55. The Bertz CT molecular complexity index is 220. The van der Waals surface area contributed by atoms with E-state index in [1.165, 1.54) is 0 Å². The maximum absolute atomic E-state index is 5.41. The molecular weight excluding hydrogens is 140 g/mol. The lowest BCUT2D eigenvalue weighted by atomic mass is 10.4. The van der Waals surface area contributed by atoms with Crippen molar-refractivity contribution in [3.8, 4) is 0 Å². The molecule has 0 aliphatic carbocycles. The van der Waals surface area contributed by atoms with Gasteiger partial charge in [-0.15, -0.1) is 0 Å². The summed E-state index contributed by atoms with van der Waals surface area (Å²) in [5, 5.41) is 0. The molecule has 0 unspecified atom stereocenters. The Hall–Kier alpha value is -0.800. The summed E-state index contributed by atoms with van der Waals surface area (Å²) < 4.78 is 5.36. The molecule has 0 saturated heterocycles. The summed E-state index contributed by atoms with van der Waals surface area (Å²) in [4.78, 5) is 1.98. The number of hydrogen-bond acceptors (Lipinski definition) is 3. The predicted molar refractivity (Wildman–Crippen MR) is 44.0 cm³/mol. The highest BCUT2D eigenvalue weighted by molar-refractivity contribution is 5.05. The Labute approximate surface area is 66.8 Å². The van der Waals surface area contributed by atoms with Crippen LogP contribution in [0.25, 0.3) is 0 Å². The minimum Gasteiger partial charge on any atom is -0.465 e. The van der Waals surface area contributed by atoms with Crippen LogP contribution in [0.3, 0.4) is 0 Å². The van der Waals surface area contributed by atoms with Gasteiger partial charge in [-0.3, -0.25) is 4.90 Å². The molecule has 0 aliphatic heterocycles. The van der Waals surface area contributed by atoms with Gasteiger partial charge in [-0.05, 0) is 26.1 Å². The van der Waals surface area contributed by atoms with E-state index in [1.807, 2.05) is 31.0 Å². The van der Waals surface area contributed by atoms with Crippen molar-refractivity contribution >= 4 is 0 Å². The van der Waals surface area contributed by atoms with E-state index in [1.54, 1.807) is 0 Å². The number of hydrogen-bond donors (Lipinski definition) is 1. The van der Waals surface area contributed by atoms with Crippen LogP contribution in [0.15, 0.2) is 16.5 Å². The van der Waals surface area contributed by atoms with Gasteiger partial charge >= 0.3 is 0 Å². The van der Waals surface area contributed by atoms with Crippen molar-refractivity contribution in [3.05, 3.63) is 23.7 Å². The normalized spacial score (nSPS) is 10.9. The van der Waals surface area contributed by atoms with Crippen molar-refractivity contribution in [2.75, 3.05) is 13.7 Å². The third-order valence-electron chi connectivity index (χ3n) is 1.53. The fourth-order valence-corrected chi connectivity index (χ4v) is 0.901. The first-order chi connectivity index (χ1) is 5.22. The van der Waals surface area contributed by atoms with Gasteiger partial charge in [-0.2, -0.15) is 0 Å². The highest BCUT2D eigenvalue weighted by atomic mass is 16.3. The molecule has 0 radical (unpaired) electrons. The van der Waals surface area contributed by atoms with Gasteiger partial charge in [0, 0.05) is 6.67 Å². The van der Waals surface area contributed by atoms with E-state index < -0.39 is 0 Å². The number of rotatable bonds is 3. The Kier molecular flexibility index (Phi) is 2.68. The van der Waals surface area contributed by atoms with Crippen molar-refractivity contribution in [2.24, 2.45) is 5.73 Å². The molecule has 0 aromatic carbocycles. The maximum atomic E-state index is 5.41. The minimum atomic E-state index is 0.555. The van der Waals surface area contributed by atoms with Gasteiger partial charge in [0.2, 0.25) is 0 Å². The molecular formula is C8H14N2O. The average Bonchev–Trinajstić information content (AvgIpc) is 2.35. The Balaban J connectivity index is 2.50. The molecule has 1 aromatic heterocycles. The summed E-state index contributed by atoms with van der Waals surface area (Å²) in [7, 11) is 1.96. The third-order valence-corrected chi connectivity index (χ3v) is 1.53. The second-order valence-electron chi connectivity index (χ2n) is 2.71. The Morgan fingerprint density at radius 3 is 2.73 bits per heavy atom. The van der Waals surface area contributed by atoms with Crippen molar-refractivity contribution < 1.29 is 4.42 Å². The maximum Gasteiger partial charge on any atom is 0.118 e. The van der Waals surface area contributed by atoms with Crippen LogP contribution in [-0.2, 0) is 6.54 Å². The molecule has 11 heavy (non-hydrogen) atoms.